The second kappa shape index (κ2) is 16.4. The molecule has 2 aliphatic rings. The third-order valence-electron chi connectivity index (χ3n) is 10.4. The van der Waals surface area contributed by atoms with Gasteiger partial charge in [0.1, 0.15) is 35.1 Å². The first-order valence-corrected chi connectivity index (χ1v) is 18.2. The summed E-state index contributed by atoms with van der Waals surface area (Å²) < 4.78 is 38.7. The average molecular weight is 790 g/mol. The average Bonchev–Trinajstić information content (AvgIpc) is 3.84. The number of nitrogens with zero attached hydrogens (tertiary/aromatic N) is 2. The summed E-state index contributed by atoms with van der Waals surface area (Å²) in [5, 5.41) is 0. The van der Waals surface area contributed by atoms with Gasteiger partial charge in [0, 0.05) is 38.7 Å². The van der Waals surface area contributed by atoms with Crippen molar-refractivity contribution in [3.63, 3.8) is 0 Å². The van der Waals surface area contributed by atoms with Gasteiger partial charge in [-0.25, -0.2) is 9.98 Å². The molecule has 0 amide bonds. The van der Waals surface area contributed by atoms with E-state index in [1.54, 1.807) is 28.4 Å². The van der Waals surface area contributed by atoms with Crippen molar-refractivity contribution in [2.75, 3.05) is 28.4 Å². The smallest absolute Gasteiger partial charge is 0.195 e. The molecule has 6 aromatic rings. The fourth-order valence-electron chi connectivity index (χ4n) is 8.09. The Morgan fingerprint density at radius 2 is 0.679 bits per heavy atom. The van der Waals surface area contributed by atoms with Crippen molar-refractivity contribution < 1.29 is 44.9 Å². The number of ether oxygens (including phenoxy) is 6. The van der Waals surface area contributed by atoms with Crippen molar-refractivity contribution in [3.05, 3.63) is 191 Å². The van der Waals surface area contributed by atoms with Gasteiger partial charge in [0.15, 0.2) is 23.0 Å². The van der Waals surface area contributed by atoms with Crippen LogP contribution in [0.1, 0.15) is 51.9 Å². The molecule has 8 rings (SSSR count). The number of benzene rings is 6. The van der Waals surface area contributed by atoms with Crippen molar-refractivity contribution in [2.24, 2.45) is 9.98 Å². The van der Waals surface area contributed by atoms with Crippen LogP contribution in [0, 0.1) is 0 Å². The largest absolute Gasteiger partial charge is 0.496 e. The van der Waals surface area contributed by atoms with Gasteiger partial charge in [-0.1, -0.05) is 133 Å². The maximum Gasteiger partial charge on any atom is 0.195 e. The molecule has 0 saturated carbocycles. The Bertz CT molecular complexity index is 2090. The zero-order valence-corrected chi connectivity index (χ0v) is 32.5. The maximum atomic E-state index is 7.33. The topological polar surface area (TPSA) is 80.1 Å². The molecule has 2 heterocycles. The van der Waals surface area contributed by atoms with E-state index < -0.39 is 23.3 Å². The summed E-state index contributed by atoms with van der Waals surface area (Å²) in [6, 6.07) is 50.9. The van der Waals surface area contributed by atoms with Crippen LogP contribution >= 0.6 is 0 Å². The van der Waals surface area contributed by atoms with Crippen LogP contribution in [0.25, 0.3) is 0 Å². The molecule has 286 valence electrons. The van der Waals surface area contributed by atoms with Crippen LogP contribution in [-0.2, 0) is 37.2 Å². The third-order valence-corrected chi connectivity index (χ3v) is 10.4. The minimum atomic E-state index is -1.18. The first-order valence-electron chi connectivity index (χ1n) is 18.2. The van der Waals surface area contributed by atoms with Crippen molar-refractivity contribution in [1.82, 2.24) is 0 Å². The number of rotatable bonds is 12. The Kier molecular flexibility index (Phi) is 11.2. The predicted molar refractivity (Wildman–Crippen MR) is 214 cm³/mol. The van der Waals surface area contributed by atoms with Gasteiger partial charge in [0.05, 0.1) is 34.9 Å². The fourth-order valence-corrected chi connectivity index (χ4v) is 8.09. The standard InChI is InChI=1S/C47H42N2O6.Ni/c1-50-38-27-15-11-23-34(38)46(35-24-12-16-28-39(35)51-2)44(32-19-7-5-8-20-32)48-42(54-46)31-43-49-45(33-21-9-6-10-22-33)47(55-43,36-25-13-17-29-40(36)52-3)37-26-14-18-30-41(37)53-4;/h5-30,44-45H,31H2,1-4H3;/t44-,45-;/m1./s1. The number of hydrogen-bond acceptors (Lipinski definition) is 8. The van der Waals surface area contributed by atoms with Crippen molar-refractivity contribution in [1.29, 1.82) is 0 Å². The first-order chi connectivity index (χ1) is 27.1. The van der Waals surface area contributed by atoms with Crippen molar-refractivity contribution in [3.8, 4) is 23.0 Å². The Hall–Kier alpha value is -6.05. The fraction of sp³-hybridized carbons (Fsp3) is 0.191. The van der Waals surface area contributed by atoms with Gasteiger partial charge in [-0.15, -0.1) is 0 Å². The molecule has 0 saturated heterocycles. The molecular weight excluding hydrogens is 747 g/mol. The van der Waals surface area contributed by atoms with E-state index in [0.717, 1.165) is 33.4 Å². The van der Waals surface area contributed by atoms with E-state index in [1.807, 2.05) is 133 Å². The van der Waals surface area contributed by atoms with Crippen LogP contribution in [0.5, 0.6) is 23.0 Å². The molecule has 0 aromatic heterocycles. The Morgan fingerprint density at radius 1 is 0.411 bits per heavy atom. The van der Waals surface area contributed by atoms with E-state index in [9.17, 15) is 0 Å². The summed E-state index contributed by atoms with van der Waals surface area (Å²) in [5.41, 5.74) is 2.79. The van der Waals surface area contributed by atoms with Gasteiger partial charge in [-0.2, -0.15) is 0 Å². The van der Waals surface area contributed by atoms with Gasteiger partial charge >= 0.3 is 0 Å². The summed E-state index contributed by atoms with van der Waals surface area (Å²) >= 11 is 0. The molecule has 6 aromatic carbocycles. The van der Waals surface area contributed by atoms with E-state index in [2.05, 4.69) is 24.3 Å². The number of methoxy groups -OCH3 is 4. The Labute approximate surface area is 337 Å². The molecule has 0 N–H and O–H groups in total. The molecule has 56 heavy (non-hydrogen) atoms. The zero-order chi connectivity index (χ0) is 37.8. The van der Waals surface area contributed by atoms with Gasteiger partial charge in [0.2, 0.25) is 0 Å². The number of para-hydroxylation sites is 4. The van der Waals surface area contributed by atoms with Crippen LogP contribution in [-0.4, -0.2) is 40.2 Å². The van der Waals surface area contributed by atoms with E-state index in [4.69, 9.17) is 38.4 Å². The molecule has 0 spiro atoms. The van der Waals surface area contributed by atoms with Crippen LogP contribution in [0.2, 0.25) is 0 Å². The molecule has 0 unspecified atom stereocenters. The Morgan fingerprint density at radius 3 is 0.964 bits per heavy atom. The molecule has 0 fully saturated rings. The van der Waals surface area contributed by atoms with E-state index >= 15 is 0 Å². The molecule has 0 radical (unpaired) electrons. The van der Waals surface area contributed by atoms with Gasteiger partial charge in [0.25, 0.3) is 0 Å². The molecule has 2 atom stereocenters. The minimum Gasteiger partial charge on any atom is -0.496 e. The third kappa shape index (κ3) is 6.46. The predicted octanol–water partition coefficient (Wildman–Crippen LogP) is 9.64. The number of aliphatic imine (C=N–C) groups is 2. The minimum absolute atomic E-state index is 0. The van der Waals surface area contributed by atoms with Crippen molar-refractivity contribution >= 4 is 11.8 Å². The van der Waals surface area contributed by atoms with Crippen LogP contribution in [0.3, 0.4) is 0 Å². The van der Waals surface area contributed by atoms with Crippen LogP contribution in [0.4, 0.5) is 0 Å². The SMILES string of the molecule is COc1ccccc1C1(c2ccccc2OC)OC(CC2=N[C@H](c3ccccc3)C(c3ccccc3OC)(c3ccccc3OC)O2)=N[C@@H]1c1ccccc1.[Ni]. The monoisotopic (exact) mass is 788 g/mol. The van der Waals surface area contributed by atoms with Gasteiger partial charge in [-0.05, 0) is 35.4 Å². The molecule has 8 nitrogen and oxygen atoms in total. The maximum absolute atomic E-state index is 7.33. The summed E-state index contributed by atoms with van der Waals surface area (Å²) in [5.74, 6) is 3.55. The Balaban J connectivity index is 0.00000480. The molecule has 9 heteroatoms. The summed E-state index contributed by atoms with van der Waals surface area (Å²) in [4.78, 5) is 10.8. The van der Waals surface area contributed by atoms with Crippen LogP contribution < -0.4 is 18.9 Å². The number of hydrogen-bond donors (Lipinski definition) is 0. The van der Waals surface area contributed by atoms with E-state index in [-0.39, 0.29) is 22.9 Å². The van der Waals surface area contributed by atoms with Crippen molar-refractivity contribution in [2.45, 2.75) is 29.7 Å². The van der Waals surface area contributed by atoms with Gasteiger partial charge in [-0.3, -0.25) is 0 Å². The summed E-state index contributed by atoms with van der Waals surface area (Å²) in [6.45, 7) is 0. The van der Waals surface area contributed by atoms with E-state index in [1.165, 1.54) is 0 Å². The molecular formula is C47H42N2NiO6. The zero-order valence-electron chi connectivity index (χ0n) is 31.5. The second-order valence-electron chi connectivity index (χ2n) is 13.3. The molecule has 2 aliphatic heterocycles. The summed E-state index contributed by atoms with van der Waals surface area (Å²) in [6.07, 6.45) is 0.158. The second-order valence-corrected chi connectivity index (χ2v) is 13.3. The molecule has 0 aliphatic carbocycles. The van der Waals surface area contributed by atoms with E-state index in [0.29, 0.717) is 34.8 Å². The van der Waals surface area contributed by atoms with Gasteiger partial charge < -0.3 is 28.4 Å². The quantitative estimate of drug-likeness (QED) is 0.115. The van der Waals surface area contributed by atoms with Crippen LogP contribution in [0.15, 0.2) is 168 Å². The normalized spacial score (nSPS) is 17.6. The summed E-state index contributed by atoms with van der Waals surface area (Å²) in [7, 11) is 6.68. The molecule has 0 bridgehead atoms. The first kappa shape index (κ1) is 38.2.